The average Bonchev–Trinajstić information content (AvgIpc) is 2.05. The van der Waals surface area contributed by atoms with Crippen LogP contribution in [-0.2, 0) is 21.2 Å². The Labute approximate surface area is 74.6 Å². The topological polar surface area (TPSA) is 40.9 Å². The molecule has 0 heterocycles. The quantitative estimate of drug-likeness (QED) is 0.713. The van der Waals surface area contributed by atoms with Crippen molar-refractivity contribution in [3.05, 3.63) is 35.9 Å². The van der Waals surface area contributed by atoms with Crippen LogP contribution in [0.25, 0.3) is 0 Å². The first-order valence-corrected chi connectivity index (χ1v) is 5.24. The molecule has 1 aromatic carbocycles. The molecule has 0 spiro atoms. The Morgan fingerprint density at radius 3 is 2.50 bits per heavy atom. The van der Waals surface area contributed by atoms with Gasteiger partial charge in [0.1, 0.15) is 0 Å². The molecular formula is C9H12NOS-. The molecule has 1 rings (SSSR count). The molecule has 0 aliphatic carbocycles. The van der Waals surface area contributed by atoms with E-state index in [1.54, 1.807) is 0 Å². The van der Waals surface area contributed by atoms with E-state index >= 15 is 0 Å². The van der Waals surface area contributed by atoms with Gasteiger partial charge in [-0.25, -0.2) is 0 Å². The molecule has 0 bridgehead atoms. The standard InChI is InChI=1S/C9H12NOS/c10-12(11)8-4-7-9-5-2-1-3-6-9/h1-3,5-6,10H,4,7-8H2/q-1. The average molecular weight is 182 g/mol. The molecule has 0 aliphatic heterocycles. The molecule has 0 saturated heterocycles. The van der Waals surface area contributed by atoms with E-state index in [1.165, 1.54) is 5.56 Å². The normalized spacial score (nSPS) is 10.4. The summed E-state index contributed by atoms with van der Waals surface area (Å²) in [7, 11) is -1.39. The Kier molecular flexibility index (Phi) is 3.80. The molecule has 0 saturated carbocycles. The van der Waals surface area contributed by atoms with Gasteiger partial charge in [-0.1, -0.05) is 42.5 Å². The van der Waals surface area contributed by atoms with Crippen molar-refractivity contribution in [1.29, 1.82) is 4.78 Å². The fraction of sp³-hybridized carbons (Fsp3) is 0.333. The van der Waals surface area contributed by atoms with Crippen molar-refractivity contribution in [2.24, 2.45) is 0 Å². The highest BCUT2D eigenvalue weighted by Crippen LogP contribution is 2.01. The first kappa shape index (κ1) is 9.26. The van der Waals surface area contributed by atoms with E-state index in [-0.39, 0.29) is 0 Å². The number of nitrogens with one attached hydrogen (secondary N) is 1. The Bertz CT molecular complexity index is 285. The summed E-state index contributed by atoms with van der Waals surface area (Å²) in [6.07, 6.45) is 1.76. The van der Waals surface area contributed by atoms with Crippen molar-refractivity contribution in [1.82, 2.24) is 0 Å². The zero-order valence-corrected chi connectivity index (χ0v) is 7.64. The minimum Gasteiger partial charge on any atom is -0.445 e. The highest BCUT2D eigenvalue weighted by Gasteiger charge is 1.87. The lowest BCUT2D eigenvalue weighted by atomic mass is 10.1. The SMILES string of the molecule is N=[S-](=O)CCCc1ccccc1. The largest absolute Gasteiger partial charge is 0.445 e. The fourth-order valence-corrected chi connectivity index (χ4v) is 1.46. The van der Waals surface area contributed by atoms with Crippen molar-refractivity contribution >= 4 is 10.6 Å². The van der Waals surface area contributed by atoms with Crippen LogP contribution in [0.3, 0.4) is 0 Å². The van der Waals surface area contributed by atoms with E-state index in [2.05, 4.69) is 0 Å². The third kappa shape index (κ3) is 3.53. The lowest BCUT2D eigenvalue weighted by molar-refractivity contribution is 0.597. The van der Waals surface area contributed by atoms with Gasteiger partial charge in [0, 0.05) is 0 Å². The van der Waals surface area contributed by atoms with E-state index in [1.807, 2.05) is 30.3 Å². The van der Waals surface area contributed by atoms with E-state index in [0.717, 1.165) is 12.8 Å². The zero-order valence-electron chi connectivity index (χ0n) is 6.82. The Hall–Kier alpha value is -0.830. The number of rotatable bonds is 4. The van der Waals surface area contributed by atoms with Crippen molar-refractivity contribution in [2.75, 3.05) is 5.75 Å². The molecule has 0 amide bonds. The lowest BCUT2D eigenvalue weighted by Crippen LogP contribution is -1.90. The minimum atomic E-state index is -1.39. The molecule has 0 radical (unpaired) electrons. The molecule has 3 heteroatoms. The molecule has 66 valence electrons. The van der Waals surface area contributed by atoms with Gasteiger partial charge in [-0.2, -0.15) is 10.6 Å². The van der Waals surface area contributed by atoms with Crippen molar-refractivity contribution < 1.29 is 4.21 Å². The van der Waals surface area contributed by atoms with E-state index in [4.69, 9.17) is 4.78 Å². The van der Waals surface area contributed by atoms with Crippen LogP contribution in [0.1, 0.15) is 12.0 Å². The summed E-state index contributed by atoms with van der Waals surface area (Å²) in [5.74, 6) is 0.481. The van der Waals surface area contributed by atoms with Gasteiger partial charge >= 0.3 is 0 Å². The number of benzene rings is 1. The molecule has 0 fully saturated rings. The molecule has 1 N–H and O–H groups in total. The van der Waals surface area contributed by atoms with Crippen LogP contribution in [0.5, 0.6) is 0 Å². The van der Waals surface area contributed by atoms with Crippen molar-refractivity contribution in [3.63, 3.8) is 0 Å². The van der Waals surface area contributed by atoms with E-state index < -0.39 is 10.6 Å². The summed E-state index contributed by atoms with van der Waals surface area (Å²) >= 11 is 0. The monoisotopic (exact) mass is 182 g/mol. The number of hydrogen-bond acceptors (Lipinski definition) is 3. The first-order chi connectivity index (χ1) is 5.79. The smallest absolute Gasteiger partial charge is 0.0295 e. The lowest BCUT2D eigenvalue weighted by Gasteiger charge is -2.01. The van der Waals surface area contributed by atoms with Gasteiger partial charge in [-0.05, 0) is 12.0 Å². The van der Waals surface area contributed by atoms with Gasteiger partial charge < -0.3 is 8.99 Å². The highest BCUT2D eigenvalue weighted by atomic mass is 32.2. The van der Waals surface area contributed by atoms with Gasteiger partial charge in [0.2, 0.25) is 0 Å². The fourth-order valence-electron chi connectivity index (χ4n) is 1.05. The molecule has 12 heavy (non-hydrogen) atoms. The summed E-state index contributed by atoms with van der Waals surface area (Å²) in [6.45, 7) is 0. The summed E-state index contributed by atoms with van der Waals surface area (Å²) in [4.78, 5) is 0. The maximum Gasteiger partial charge on any atom is -0.0295 e. The molecule has 0 aliphatic rings. The van der Waals surface area contributed by atoms with Crippen LogP contribution < -0.4 is 0 Å². The predicted molar refractivity (Wildman–Crippen MR) is 50.4 cm³/mol. The second-order valence-electron chi connectivity index (χ2n) is 2.64. The summed E-state index contributed by atoms with van der Waals surface area (Å²) in [5.41, 5.74) is 1.25. The van der Waals surface area contributed by atoms with Crippen LogP contribution in [0.2, 0.25) is 0 Å². The molecule has 2 nitrogen and oxygen atoms in total. The summed E-state index contributed by atoms with van der Waals surface area (Å²) in [6, 6.07) is 10.1. The second kappa shape index (κ2) is 4.93. The second-order valence-corrected chi connectivity index (χ2v) is 3.74. The van der Waals surface area contributed by atoms with Crippen molar-refractivity contribution in [3.8, 4) is 0 Å². The summed E-state index contributed by atoms with van der Waals surface area (Å²) in [5, 5.41) is 0. The number of hydrogen-bond donors (Lipinski definition) is 1. The van der Waals surface area contributed by atoms with Gasteiger partial charge in [-0.15, -0.1) is 0 Å². The highest BCUT2D eigenvalue weighted by molar-refractivity contribution is 7.73. The maximum absolute atomic E-state index is 10.4. The van der Waals surface area contributed by atoms with E-state index in [9.17, 15) is 4.21 Å². The van der Waals surface area contributed by atoms with E-state index in [0.29, 0.717) is 5.75 Å². The minimum absolute atomic E-state index is 0.481. The van der Waals surface area contributed by atoms with Crippen LogP contribution in [0.15, 0.2) is 30.3 Å². The maximum atomic E-state index is 10.4. The molecule has 0 aromatic heterocycles. The first-order valence-electron chi connectivity index (χ1n) is 3.92. The van der Waals surface area contributed by atoms with Crippen LogP contribution in [-0.4, -0.2) is 5.75 Å². The third-order valence-electron chi connectivity index (χ3n) is 1.64. The van der Waals surface area contributed by atoms with Gasteiger partial charge in [-0.3, -0.25) is 0 Å². The Balaban J connectivity index is 2.34. The van der Waals surface area contributed by atoms with Gasteiger partial charge in [0.15, 0.2) is 0 Å². The van der Waals surface area contributed by atoms with Crippen LogP contribution in [0.4, 0.5) is 0 Å². The zero-order chi connectivity index (χ0) is 8.81. The Morgan fingerprint density at radius 1 is 1.25 bits per heavy atom. The molecule has 0 atom stereocenters. The van der Waals surface area contributed by atoms with Crippen molar-refractivity contribution in [2.45, 2.75) is 12.8 Å². The number of aryl methyl sites for hydroxylation is 1. The molecular weight excluding hydrogens is 170 g/mol. The Morgan fingerprint density at radius 2 is 1.92 bits per heavy atom. The summed E-state index contributed by atoms with van der Waals surface area (Å²) < 4.78 is 17.2. The predicted octanol–water partition coefficient (Wildman–Crippen LogP) is 2.35. The third-order valence-corrected chi connectivity index (χ3v) is 2.30. The van der Waals surface area contributed by atoms with Gasteiger partial charge in [0.25, 0.3) is 0 Å². The molecule has 0 unspecified atom stereocenters. The van der Waals surface area contributed by atoms with Crippen LogP contribution >= 0.6 is 0 Å². The van der Waals surface area contributed by atoms with Gasteiger partial charge in [0.05, 0.1) is 0 Å². The van der Waals surface area contributed by atoms with Crippen LogP contribution in [0, 0.1) is 4.78 Å². The molecule has 1 aromatic rings.